The van der Waals surface area contributed by atoms with Crippen molar-refractivity contribution in [3.05, 3.63) is 76.7 Å². The normalized spacial score (nSPS) is 12.8. The van der Waals surface area contributed by atoms with E-state index in [1.54, 1.807) is 69.3 Å². The van der Waals surface area contributed by atoms with Crippen molar-refractivity contribution in [2.24, 2.45) is 0 Å². The van der Waals surface area contributed by atoms with E-state index in [1.165, 1.54) is 0 Å². The quantitative estimate of drug-likeness (QED) is 0.560. The fraction of sp³-hybridized carbons (Fsp3) is 0.238. The van der Waals surface area contributed by atoms with Gasteiger partial charge in [-0.1, -0.05) is 54.1 Å². The second-order valence-electron chi connectivity index (χ2n) is 6.85. The van der Waals surface area contributed by atoms with Crippen LogP contribution in [0.25, 0.3) is 0 Å². The van der Waals surface area contributed by atoms with Crippen LogP contribution in [-0.2, 0) is 9.84 Å². The lowest BCUT2D eigenvalue weighted by Crippen LogP contribution is -2.16. The van der Waals surface area contributed by atoms with Gasteiger partial charge in [0.05, 0.1) is 21.4 Å². The maximum Gasteiger partial charge on any atom is 0.182 e. The summed E-state index contributed by atoms with van der Waals surface area (Å²) in [6.45, 7) is 4.93. The SMILES string of the molecule is Cc1nc(Cl)c(C(O)c2ccccc2)c(Nc2ccccc2S(=O)(=O)C(C)C)n1. The first-order chi connectivity index (χ1) is 13.7. The van der Waals surface area contributed by atoms with Crippen LogP contribution in [0.1, 0.15) is 36.9 Å². The summed E-state index contributed by atoms with van der Waals surface area (Å²) >= 11 is 6.36. The van der Waals surface area contributed by atoms with Gasteiger partial charge < -0.3 is 10.4 Å². The minimum atomic E-state index is -3.53. The van der Waals surface area contributed by atoms with Gasteiger partial charge in [-0.15, -0.1) is 0 Å². The second kappa shape index (κ2) is 8.49. The van der Waals surface area contributed by atoms with E-state index in [-0.39, 0.29) is 21.4 Å². The number of nitrogens with one attached hydrogen (secondary N) is 1. The number of nitrogens with zero attached hydrogens (tertiary/aromatic N) is 2. The van der Waals surface area contributed by atoms with Crippen LogP contribution in [0.15, 0.2) is 59.5 Å². The molecule has 1 heterocycles. The molecule has 6 nitrogen and oxygen atoms in total. The molecule has 3 rings (SSSR count). The van der Waals surface area contributed by atoms with Gasteiger partial charge in [0, 0.05) is 0 Å². The number of hydrogen-bond donors (Lipinski definition) is 2. The maximum absolute atomic E-state index is 12.8. The van der Waals surface area contributed by atoms with E-state index in [2.05, 4.69) is 15.3 Å². The van der Waals surface area contributed by atoms with E-state index in [9.17, 15) is 13.5 Å². The summed E-state index contributed by atoms with van der Waals surface area (Å²) in [6, 6.07) is 15.6. The van der Waals surface area contributed by atoms with Crippen LogP contribution >= 0.6 is 11.6 Å². The van der Waals surface area contributed by atoms with Crippen LogP contribution in [0.2, 0.25) is 5.15 Å². The average molecular weight is 432 g/mol. The summed E-state index contributed by atoms with van der Waals surface area (Å²) < 4.78 is 25.5. The number of aliphatic hydroxyl groups is 1. The van der Waals surface area contributed by atoms with Gasteiger partial charge >= 0.3 is 0 Å². The zero-order valence-corrected chi connectivity index (χ0v) is 17.9. The van der Waals surface area contributed by atoms with Crippen LogP contribution in [0.5, 0.6) is 0 Å². The average Bonchev–Trinajstić information content (AvgIpc) is 2.68. The number of halogens is 1. The molecule has 2 N–H and O–H groups in total. The monoisotopic (exact) mass is 431 g/mol. The largest absolute Gasteiger partial charge is 0.383 e. The Kier molecular flexibility index (Phi) is 6.21. The van der Waals surface area contributed by atoms with Gasteiger partial charge in [-0.3, -0.25) is 0 Å². The number of benzene rings is 2. The highest BCUT2D eigenvalue weighted by Gasteiger charge is 2.25. The smallest absolute Gasteiger partial charge is 0.182 e. The number of aromatic nitrogens is 2. The molecule has 0 saturated heterocycles. The lowest BCUT2D eigenvalue weighted by Gasteiger charge is -2.19. The molecular weight excluding hydrogens is 410 g/mol. The van der Waals surface area contributed by atoms with E-state index in [1.807, 2.05) is 6.07 Å². The van der Waals surface area contributed by atoms with Crippen molar-refractivity contribution >= 4 is 32.9 Å². The predicted octanol–water partition coefficient (Wildman–Crippen LogP) is 4.45. The third kappa shape index (κ3) is 4.42. The highest BCUT2D eigenvalue weighted by Crippen LogP contribution is 2.35. The fourth-order valence-corrected chi connectivity index (χ4v) is 4.40. The summed E-state index contributed by atoms with van der Waals surface area (Å²) in [5.74, 6) is 0.649. The third-order valence-corrected chi connectivity index (χ3v) is 6.97. The van der Waals surface area contributed by atoms with Gasteiger partial charge in [0.2, 0.25) is 0 Å². The molecule has 1 aromatic heterocycles. The van der Waals surface area contributed by atoms with Crippen molar-refractivity contribution in [3.63, 3.8) is 0 Å². The molecule has 3 aromatic rings. The first-order valence-electron chi connectivity index (χ1n) is 9.08. The topological polar surface area (TPSA) is 92.2 Å². The van der Waals surface area contributed by atoms with E-state index >= 15 is 0 Å². The van der Waals surface area contributed by atoms with Crippen molar-refractivity contribution in [3.8, 4) is 0 Å². The number of anilines is 2. The van der Waals surface area contributed by atoms with Gasteiger partial charge in [0.1, 0.15) is 22.9 Å². The number of rotatable bonds is 6. The molecular formula is C21H22ClN3O3S. The lowest BCUT2D eigenvalue weighted by molar-refractivity contribution is 0.220. The van der Waals surface area contributed by atoms with Crippen molar-refractivity contribution in [2.75, 3.05) is 5.32 Å². The molecule has 152 valence electrons. The summed E-state index contributed by atoms with van der Waals surface area (Å²) in [7, 11) is -3.53. The number of aliphatic hydroxyl groups excluding tert-OH is 1. The molecule has 0 fully saturated rings. The van der Waals surface area contributed by atoms with Crippen molar-refractivity contribution in [1.29, 1.82) is 0 Å². The van der Waals surface area contributed by atoms with Gasteiger partial charge in [-0.25, -0.2) is 18.4 Å². The summed E-state index contributed by atoms with van der Waals surface area (Å²) in [4.78, 5) is 8.70. The Hall–Kier alpha value is -2.48. The minimum absolute atomic E-state index is 0.0977. The Balaban J connectivity index is 2.13. The first-order valence-corrected chi connectivity index (χ1v) is 11.0. The minimum Gasteiger partial charge on any atom is -0.383 e. The van der Waals surface area contributed by atoms with Gasteiger partial charge in [0.25, 0.3) is 0 Å². The third-order valence-electron chi connectivity index (χ3n) is 4.47. The van der Waals surface area contributed by atoms with Crippen LogP contribution in [0.4, 0.5) is 11.5 Å². The molecule has 29 heavy (non-hydrogen) atoms. The fourth-order valence-electron chi connectivity index (χ4n) is 2.89. The van der Waals surface area contributed by atoms with Crippen molar-refractivity contribution in [2.45, 2.75) is 37.0 Å². The molecule has 2 aromatic carbocycles. The summed E-state index contributed by atoms with van der Waals surface area (Å²) in [5.41, 5.74) is 1.25. The Morgan fingerprint density at radius 2 is 1.62 bits per heavy atom. The highest BCUT2D eigenvalue weighted by atomic mass is 35.5. The van der Waals surface area contributed by atoms with Gasteiger partial charge in [-0.05, 0) is 38.5 Å². The van der Waals surface area contributed by atoms with Crippen LogP contribution in [0.3, 0.4) is 0 Å². The molecule has 0 amide bonds. The zero-order valence-electron chi connectivity index (χ0n) is 16.3. The van der Waals surface area contributed by atoms with Crippen LogP contribution in [-0.4, -0.2) is 28.7 Å². The van der Waals surface area contributed by atoms with Crippen LogP contribution in [0, 0.1) is 6.92 Å². The first kappa shape index (κ1) is 21.2. The van der Waals surface area contributed by atoms with Crippen molar-refractivity contribution < 1.29 is 13.5 Å². The Bertz CT molecular complexity index is 1120. The zero-order chi connectivity index (χ0) is 21.2. The molecule has 8 heteroatoms. The van der Waals surface area contributed by atoms with Crippen LogP contribution < -0.4 is 5.32 Å². The van der Waals surface area contributed by atoms with Crippen molar-refractivity contribution in [1.82, 2.24) is 9.97 Å². The molecule has 0 aliphatic rings. The molecule has 1 unspecified atom stereocenters. The molecule has 0 saturated carbocycles. The van der Waals surface area contributed by atoms with E-state index in [4.69, 9.17) is 11.6 Å². The van der Waals surface area contributed by atoms with Gasteiger partial charge in [0.15, 0.2) is 9.84 Å². The number of sulfone groups is 1. The molecule has 0 aliphatic heterocycles. The Morgan fingerprint density at radius 1 is 1.00 bits per heavy atom. The van der Waals surface area contributed by atoms with E-state index in [0.29, 0.717) is 17.1 Å². The number of hydrogen-bond acceptors (Lipinski definition) is 6. The summed E-state index contributed by atoms with van der Waals surface area (Å²) in [6.07, 6.45) is -1.08. The molecule has 0 bridgehead atoms. The molecule has 1 atom stereocenters. The molecule has 0 radical (unpaired) electrons. The summed E-state index contributed by atoms with van der Waals surface area (Å²) in [5, 5.41) is 13.5. The highest BCUT2D eigenvalue weighted by molar-refractivity contribution is 7.92. The number of para-hydroxylation sites is 1. The molecule has 0 spiro atoms. The Labute approximate surface area is 175 Å². The number of aryl methyl sites for hydroxylation is 1. The predicted molar refractivity (Wildman–Crippen MR) is 114 cm³/mol. The van der Waals surface area contributed by atoms with E-state index < -0.39 is 21.2 Å². The Morgan fingerprint density at radius 3 is 2.28 bits per heavy atom. The molecule has 0 aliphatic carbocycles. The lowest BCUT2D eigenvalue weighted by atomic mass is 10.0. The second-order valence-corrected chi connectivity index (χ2v) is 9.68. The standard InChI is InChI=1S/C21H22ClN3O3S/c1-13(2)29(27,28)17-12-8-7-11-16(17)25-21-18(20(22)23-14(3)24-21)19(26)15-9-5-4-6-10-15/h4-13,19,26H,1-3H3,(H,23,24,25). The van der Waals surface area contributed by atoms with Gasteiger partial charge in [-0.2, -0.15) is 0 Å². The van der Waals surface area contributed by atoms with E-state index in [0.717, 1.165) is 0 Å². The maximum atomic E-state index is 12.8.